The van der Waals surface area contributed by atoms with Gasteiger partial charge in [0.15, 0.2) is 6.61 Å². The van der Waals surface area contributed by atoms with E-state index in [0.29, 0.717) is 6.54 Å². The topological polar surface area (TPSA) is 41.6 Å². The highest BCUT2D eigenvalue weighted by molar-refractivity contribution is 7.10. The van der Waals surface area contributed by atoms with Crippen LogP contribution in [-0.2, 0) is 4.79 Å². The number of carbonyl (C=O) groups is 1. The second kappa shape index (κ2) is 11.3. The number of carbonyl (C=O) groups excluding carboxylic acids is 1. The number of thiophene rings is 1. The Balaban J connectivity index is 0.00000261. The van der Waals surface area contributed by atoms with Gasteiger partial charge in [0.2, 0.25) is 0 Å². The SMILES string of the molecule is Cc1cccc(OCC(=O)NCC(c2cccs2)N2CCCCCC2)c1.Cl. The number of hydrogen-bond donors (Lipinski definition) is 1. The summed E-state index contributed by atoms with van der Waals surface area (Å²) < 4.78 is 5.61. The van der Waals surface area contributed by atoms with E-state index >= 15 is 0 Å². The van der Waals surface area contributed by atoms with Crippen molar-refractivity contribution in [2.45, 2.75) is 38.6 Å². The molecule has 148 valence electrons. The van der Waals surface area contributed by atoms with Gasteiger partial charge in [0.1, 0.15) is 5.75 Å². The first-order valence-corrected chi connectivity index (χ1v) is 10.3. The molecule has 0 spiro atoms. The molecule has 1 aliphatic rings. The Morgan fingerprint density at radius 1 is 1.19 bits per heavy atom. The second-order valence-electron chi connectivity index (χ2n) is 6.89. The van der Waals surface area contributed by atoms with Crippen LogP contribution in [0.2, 0.25) is 0 Å². The van der Waals surface area contributed by atoms with Gasteiger partial charge >= 0.3 is 0 Å². The summed E-state index contributed by atoms with van der Waals surface area (Å²) in [5, 5.41) is 5.19. The van der Waals surface area contributed by atoms with Crippen LogP contribution in [0.4, 0.5) is 0 Å². The predicted molar refractivity (Wildman–Crippen MR) is 114 cm³/mol. The zero-order chi connectivity index (χ0) is 18.2. The average Bonchev–Trinajstić information content (AvgIpc) is 3.03. The average molecular weight is 409 g/mol. The molecule has 1 aromatic heterocycles. The zero-order valence-corrected chi connectivity index (χ0v) is 17.5. The molecule has 0 aliphatic carbocycles. The molecule has 0 radical (unpaired) electrons. The van der Waals surface area contributed by atoms with Crippen LogP contribution < -0.4 is 10.1 Å². The highest BCUT2D eigenvalue weighted by Crippen LogP contribution is 2.27. The first kappa shape index (κ1) is 21.7. The van der Waals surface area contributed by atoms with E-state index in [0.717, 1.165) is 24.4 Å². The van der Waals surface area contributed by atoms with Crippen LogP contribution in [0.15, 0.2) is 41.8 Å². The first-order chi connectivity index (χ1) is 12.7. The highest BCUT2D eigenvalue weighted by Gasteiger charge is 2.23. The molecular formula is C21H29ClN2O2S. The second-order valence-corrected chi connectivity index (χ2v) is 7.87. The van der Waals surface area contributed by atoms with Gasteiger partial charge in [-0.25, -0.2) is 0 Å². The fraction of sp³-hybridized carbons (Fsp3) is 0.476. The van der Waals surface area contributed by atoms with E-state index in [9.17, 15) is 4.79 Å². The minimum absolute atomic E-state index is 0. The predicted octanol–water partition coefficient (Wildman–Crippen LogP) is 4.59. The third-order valence-corrected chi connectivity index (χ3v) is 5.78. The summed E-state index contributed by atoms with van der Waals surface area (Å²) in [5.74, 6) is 0.672. The summed E-state index contributed by atoms with van der Waals surface area (Å²) in [4.78, 5) is 16.1. The lowest BCUT2D eigenvalue weighted by molar-refractivity contribution is -0.123. The lowest BCUT2D eigenvalue weighted by Gasteiger charge is -2.30. The number of hydrogen-bond acceptors (Lipinski definition) is 4. The fourth-order valence-corrected chi connectivity index (χ4v) is 4.27. The molecule has 1 atom stereocenters. The summed E-state index contributed by atoms with van der Waals surface area (Å²) in [5.41, 5.74) is 1.13. The number of aryl methyl sites for hydroxylation is 1. The summed E-state index contributed by atoms with van der Waals surface area (Å²) in [6.45, 7) is 4.92. The third kappa shape index (κ3) is 6.83. The van der Waals surface area contributed by atoms with Crippen molar-refractivity contribution in [3.63, 3.8) is 0 Å². The summed E-state index contributed by atoms with van der Waals surface area (Å²) in [6.07, 6.45) is 5.10. The molecule has 6 heteroatoms. The number of likely N-dealkylation sites (tertiary alicyclic amines) is 1. The quantitative estimate of drug-likeness (QED) is 0.728. The molecule has 1 unspecified atom stereocenters. The van der Waals surface area contributed by atoms with Crippen molar-refractivity contribution in [1.82, 2.24) is 10.2 Å². The first-order valence-electron chi connectivity index (χ1n) is 9.46. The van der Waals surface area contributed by atoms with Crippen molar-refractivity contribution in [2.24, 2.45) is 0 Å². The number of halogens is 1. The Kier molecular flexibility index (Phi) is 9.11. The van der Waals surface area contributed by atoms with E-state index in [4.69, 9.17) is 4.74 Å². The van der Waals surface area contributed by atoms with E-state index in [2.05, 4.69) is 27.7 Å². The Hall–Kier alpha value is -1.56. The van der Waals surface area contributed by atoms with Crippen LogP contribution in [0, 0.1) is 6.92 Å². The van der Waals surface area contributed by atoms with Crippen LogP contribution in [0.3, 0.4) is 0 Å². The van der Waals surface area contributed by atoms with Gasteiger partial charge in [-0.05, 0) is 62.0 Å². The van der Waals surface area contributed by atoms with E-state index in [1.54, 1.807) is 11.3 Å². The standard InChI is InChI=1S/C21H28N2O2S.ClH/c1-17-8-6-9-18(14-17)25-16-21(24)22-15-19(20-10-7-13-26-20)23-11-4-2-3-5-12-23;/h6-10,13-14,19H,2-5,11-12,15-16H2,1H3,(H,22,24);1H. The molecule has 4 nitrogen and oxygen atoms in total. The van der Waals surface area contributed by atoms with Crippen LogP contribution in [0.1, 0.15) is 42.2 Å². The van der Waals surface area contributed by atoms with E-state index < -0.39 is 0 Å². The van der Waals surface area contributed by atoms with Gasteiger partial charge in [-0.3, -0.25) is 9.69 Å². The number of benzene rings is 1. The van der Waals surface area contributed by atoms with Crippen LogP contribution in [-0.4, -0.2) is 37.0 Å². The van der Waals surface area contributed by atoms with E-state index in [1.165, 1.54) is 30.6 Å². The molecule has 1 amide bonds. The maximum absolute atomic E-state index is 12.3. The molecule has 27 heavy (non-hydrogen) atoms. The van der Waals surface area contributed by atoms with Gasteiger partial charge in [-0.2, -0.15) is 0 Å². The van der Waals surface area contributed by atoms with Crippen LogP contribution in [0.5, 0.6) is 5.75 Å². The molecule has 1 aliphatic heterocycles. The van der Waals surface area contributed by atoms with Crippen molar-refractivity contribution in [1.29, 1.82) is 0 Å². The number of ether oxygens (including phenoxy) is 1. The summed E-state index contributed by atoms with van der Waals surface area (Å²) in [6, 6.07) is 12.3. The summed E-state index contributed by atoms with van der Waals surface area (Å²) >= 11 is 1.77. The number of rotatable bonds is 7. The molecule has 3 rings (SSSR count). The molecule has 2 aromatic rings. The lowest BCUT2D eigenvalue weighted by Crippen LogP contribution is -2.39. The monoisotopic (exact) mass is 408 g/mol. The number of nitrogens with zero attached hydrogens (tertiary/aromatic N) is 1. The molecule has 1 fully saturated rings. The van der Waals surface area contributed by atoms with E-state index in [1.807, 2.05) is 31.2 Å². The minimum atomic E-state index is -0.0668. The zero-order valence-electron chi connectivity index (χ0n) is 15.9. The smallest absolute Gasteiger partial charge is 0.258 e. The summed E-state index contributed by atoms with van der Waals surface area (Å²) in [7, 11) is 0. The Morgan fingerprint density at radius 2 is 1.96 bits per heavy atom. The normalized spacial score (nSPS) is 16.0. The van der Waals surface area contributed by atoms with Crippen molar-refractivity contribution in [3.05, 3.63) is 52.2 Å². The van der Waals surface area contributed by atoms with Crippen molar-refractivity contribution < 1.29 is 9.53 Å². The number of nitrogens with one attached hydrogen (secondary N) is 1. The van der Waals surface area contributed by atoms with Crippen molar-refractivity contribution in [3.8, 4) is 5.75 Å². The van der Waals surface area contributed by atoms with Gasteiger partial charge in [-0.15, -0.1) is 23.7 Å². The van der Waals surface area contributed by atoms with E-state index in [-0.39, 0.29) is 31.0 Å². The molecule has 0 saturated carbocycles. The number of amides is 1. The maximum atomic E-state index is 12.3. The lowest BCUT2D eigenvalue weighted by atomic mass is 10.2. The minimum Gasteiger partial charge on any atom is -0.484 e. The molecule has 2 heterocycles. The van der Waals surface area contributed by atoms with Crippen molar-refractivity contribution >= 4 is 29.7 Å². The van der Waals surface area contributed by atoms with Gasteiger partial charge < -0.3 is 10.1 Å². The van der Waals surface area contributed by atoms with Crippen LogP contribution >= 0.6 is 23.7 Å². The maximum Gasteiger partial charge on any atom is 0.258 e. The molecule has 1 saturated heterocycles. The van der Waals surface area contributed by atoms with Gasteiger partial charge in [0.25, 0.3) is 5.91 Å². The Morgan fingerprint density at radius 3 is 2.63 bits per heavy atom. The van der Waals surface area contributed by atoms with Crippen LogP contribution in [0.25, 0.3) is 0 Å². The molecular weight excluding hydrogens is 380 g/mol. The van der Waals surface area contributed by atoms with Gasteiger partial charge in [-0.1, -0.05) is 31.0 Å². The molecule has 1 N–H and O–H groups in total. The largest absolute Gasteiger partial charge is 0.484 e. The van der Waals surface area contributed by atoms with Gasteiger partial charge in [0, 0.05) is 11.4 Å². The highest BCUT2D eigenvalue weighted by atomic mass is 35.5. The Labute approximate surface area is 172 Å². The molecule has 1 aromatic carbocycles. The van der Waals surface area contributed by atoms with Gasteiger partial charge in [0.05, 0.1) is 6.04 Å². The Bertz CT molecular complexity index is 685. The fourth-order valence-electron chi connectivity index (χ4n) is 3.41. The van der Waals surface area contributed by atoms with Crippen molar-refractivity contribution in [2.75, 3.05) is 26.2 Å². The molecule has 0 bridgehead atoms. The third-order valence-electron chi connectivity index (χ3n) is 4.81.